The molecule has 0 amide bonds. The van der Waals surface area contributed by atoms with Crippen LogP contribution in [-0.2, 0) is 10.8 Å². The van der Waals surface area contributed by atoms with Crippen LogP contribution in [0.15, 0.2) is 47.3 Å². The molecule has 2 bridgehead atoms. The fourth-order valence-corrected chi connectivity index (χ4v) is 6.20. The zero-order valence-corrected chi connectivity index (χ0v) is 21.1. The van der Waals surface area contributed by atoms with E-state index in [0.717, 1.165) is 25.0 Å². The minimum absolute atomic E-state index is 0.0126. The third-order valence-electron chi connectivity index (χ3n) is 8.31. The predicted octanol–water partition coefficient (Wildman–Crippen LogP) is 7.95. The van der Waals surface area contributed by atoms with Gasteiger partial charge in [0.1, 0.15) is 0 Å². The Bertz CT molecular complexity index is 1100. The van der Waals surface area contributed by atoms with E-state index in [2.05, 4.69) is 97.3 Å². The van der Waals surface area contributed by atoms with Crippen molar-refractivity contribution in [2.45, 2.75) is 92.4 Å². The first-order valence-corrected chi connectivity index (χ1v) is 12.0. The third kappa shape index (κ3) is 2.91. The SMILES string of the molecule is C=C1/C2=C\[C@@](C)(C#CCC)C(C)CC3=C(CC)C(C)(C)c4cc(C)cc(c4N13)C2(C)C. The van der Waals surface area contributed by atoms with E-state index >= 15 is 0 Å². The highest BCUT2D eigenvalue weighted by Crippen LogP contribution is 2.60. The van der Waals surface area contributed by atoms with Crippen LogP contribution < -0.4 is 4.90 Å². The number of aryl methyl sites for hydroxylation is 1. The molecule has 31 heavy (non-hydrogen) atoms. The molecule has 1 nitrogen and oxygen atoms in total. The van der Waals surface area contributed by atoms with E-state index < -0.39 is 0 Å². The van der Waals surface area contributed by atoms with Crippen molar-refractivity contribution in [2.75, 3.05) is 4.90 Å². The number of benzene rings is 1. The summed E-state index contributed by atoms with van der Waals surface area (Å²) in [4.78, 5) is 2.54. The van der Waals surface area contributed by atoms with Gasteiger partial charge in [-0.1, -0.05) is 84.7 Å². The van der Waals surface area contributed by atoms with Crippen LogP contribution in [0, 0.1) is 30.1 Å². The molecular weight excluding hydrogens is 374 g/mol. The summed E-state index contributed by atoms with van der Waals surface area (Å²) in [5.74, 6) is 7.51. The molecule has 3 aliphatic heterocycles. The minimum atomic E-state index is -0.171. The first-order chi connectivity index (χ1) is 14.4. The monoisotopic (exact) mass is 413 g/mol. The van der Waals surface area contributed by atoms with Crippen LogP contribution in [0.3, 0.4) is 0 Å². The fourth-order valence-electron chi connectivity index (χ4n) is 6.20. The highest BCUT2D eigenvalue weighted by molar-refractivity contribution is 5.82. The molecule has 0 N–H and O–H groups in total. The van der Waals surface area contributed by atoms with Crippen LogP contribution in [0.4, 0.5) is 5.69 Å². The van der Waals surface area contributed by atoms with Crippen molar-refractivity contribution >= 4 is 5.69 Å². The normalized spacial score (nSPS) is 29.5. The maximum Gasteiger partial charge on any atom is 0.0540 e. The number of fused-ring (bicyclic) bond motifs is 1. The van der Waals surface area contributed by atoms with E-state index in [1.165, 1.54) is 33.6 Å². The van der Waals surface area contributed by atoms with E-state index in [1.807, 2.05) is 0 Å². The number of anilines is 1. The van der Waals surface area contributed by atoms with Gasteiger partial charge in [0, 0.05) is 28.6 Å². The van der Waals surface area contributed by atoms with Crippen molar-refractivity contribution < 1.29 is 0 Å². The Morgan fingerprint density at radius 1 is 1.06 bits per heavy atom. The van der Waals surface area contributed by atoms with E-state index in [0.29, 0.717) is 5.92 Å². The number of allylic oxidation sites excluding steroid dienone is 4. The number of nitrogens with zero attached hydrogens (tertiary/aromatic N) is 1. The summed E-state index contributed by atoms with van der Waals surface area (Å²) >= 11 is 0. The molecule has 1 aromatic carbocycles. The van der Waals surface area contributed by atoms with E-state index in [9.17, 15) is 0 Å². The van der Waals surface area contributed by atoms with Crippen LogP contribution in [0.2, 0.25) is 0 Å². The van der Waals surface area contributed by atoms with Crippen LogP contribution >= 0.6 is 0 Å². The summed E-state index contributed by atoms with van der Waals surface area (Å²) in [6, 6.07) is 4.83. The number of hydrogen-bond donors (Lipinski definition) is 0. The summed E-state index contributed by atoms with van der Waals surface area (Å²) < 4.78 is 0. The Balaban J connectivity index is 2.18. The van der Waals surface area contributed by atoms with Gasteiger partial charge in [-0.3, -0.25) is 0 Å². The summed E-state index contributed by atoms with van der Waals surface area (Å²) in [6.45, 7) is 25.7. The van der Waals surface area contributed by atoms with Crippen molar-refractivity contribution in [3.05, 3.63) is 64.0 Å². The summed E-state index contributed by atoms with van der Waals surface area (Å²) in [7, 11) is 0. The Kier molecular flexibility index (Phi) is 4.90. The van der Waals surface area contributed by atoms with E-state index in [-0.39, 0.29) is 16.2 Å². The van der Waals surface area contributed by atoms with Gasteiger partial charge in [0.15, 0.2) is 0 Å². The zero-order chi connectivity index (χ0) is 22.9. The average Bonchev–Trinajstić information content (AvgIpc) is 2.68. The molecule has 0 saturated heterocycles. The maximum absolute atomic E-state index is 4.71. The molecule has 2 atom stereocenters. The van der Waals surface area contributed by atoms with Crippen molar-refractivity contribution in [1.82, 2.24) is 0 Å². The molecular formula is C30H39N. The first kappa shape index (κ1) is 22.0. The standard InChI is InChI=1S/C30H39N/c1-11-13-14-30(10)18-25-21(5)31-26(17-20(30)4)22(12-2)28(6,7)23-15-19(3)16-24(27(23)31)29(25,8)9/h15-16,18,20H,5,11-12,17H2,1-4,6-10H3/b25-18+/t20?,30-/m1/s1. The van der Waals surface area contributed by atoms with Gasteiger partial charge in [0.25, 0.3) is 0 Å². The first-order valence-electron chi connectivity index (χ1n) is 12.0. The Morgan fingerprint density at radius 3 is 2.26 bits per heavy atom. The van der Waals surface area contributed by atoms with Crippen molar-refractivity contribution in [3.63, 3.8) is 0 Å². The quantitative estimate of drug-likeness (QED) is 0.422. The second-order valence-electron chi connectivity index (χ2n) is 11.1. The fraction of sp³-hybridized carbons (Fsp3) is 0.533. The molecule has 0 aliphatic carbocycles. The second-order valence-corrected chi connectivity index (χ2v) is 11.1. The van der Waals surface area contributed by atoms with Gasteiger partial charge in [-0.2, -0.15) is 0 Å². The maximum atomic E-state index is 4.71. The Labute approximate surface area is 190 Å². The summed E-state index contributed by atoms with van der Waals surface area (Å²) in [5, 5.41) is 0. The number of rotatable bonds is 1. The molecule has 1 unspecified atom stereocenters. The van der Waals surface area contributed by atoms with E-state index in [4.69, 9.17) is 6.58 Å². The van der Waals surface area contributed by atoms with Crippen LogP contribution in [0.1, 0.15) is 91.3 Å². The summed E-state index contributed by atoms with van der Waals surface area (Å²) in [5.41, 5.74) is 10.9. The summed E-state index contributed by atoms with van der Waals surface area (Å²) in [6.07, 6.45) is 5.44. The highest BCUT2D eigenvalue weighted by atomic mass is 15.2. The Hall–Kier alpha value is -2.20. The lowest BCUT2D eigenvalue weighted by atomic mass is 9.61. The van der Waals surface area contributed by atoms with Crippen molar-refractivity contribution in [2.24, 2.45) is 11.3 Å². The largest absolute Gasteiger partial charge is 0.314 e. The molecule has 164 valence electrons. The minimum Gasteiger partial charge on any atom is -0.314 e. The molecule has 3 heterocycles. The molecule has 3 aliphatic rings. The lowest BCUT2D eigenvalue weighted by molar-refractivity contribution is 0.346. The zero-order valence-electron chi connectivity index (χ0n) is 21.1. The van der Waals surface area contributed by atoms with Crippen LogP contribution in [0.5, 0.6) is 0 Å². The van der Waals surface area contributed by atoms with Gasteiger partial charge in [0.2, 0.25) is 0 Å². The lowest BCUT2D eigenvalue weighted by Gasteiger charge is -2.54. The van der Waals surface area contributed by atoms with Gasteiger partial charge in [0.05, 0.1) is 11.1 Å². The molecule has 0 aromatic heterocycles. The van der Waals surface area contributed by atoms with Gasteiger partial charge in [-0.15, -0.1) is 5.92 Å². The van der Waals surface area contributed by atoms with Crippen molar-refractivity contribution in [3.8, 4) is 11.8 Å². The third-order valence-corrected chi connectivity index (χ3v) is 8.31. The molecule has 4 rings (SSSR count). The van der Waals surface area contributed by atoms with Crippen LogP contribution in [0.25, 0.3) is 0 Å². The molecule has 0 saturated carbocycles. The van der Waals surface area contributed by atoms with Crippen molar-refractivity contribution in [1.29, 1.82) is 0 Å². The number of hydrogen-bond acceptors (Lipinski definition) is 1. The average molecular weight is 414 g/mol. The highest BCUT2D eigenvalue weighted by Gasteiger charge is 2.49. The topological polar surface area (TPSA) is 3.24 Å². The molecule has 0 spiro atoms. The predicted molar refractivity (Wildman–Crippen MR) is 134 cm³/mol. The van der Waals surface area contributed by atoms with Gasteiger partial charge < -0.3 is 4.90 Å². The Morgan fingerprint density at radius 2 is 1.68 bits per heavy atom. The van der Waals surface area contributed by atoms with Gasteiger partial charge >= 0.3 is 0 Å². The van der Waals surface area contributed by atoms with Gasteiger partial charge in [-0.25, -0.2) is 0 Å². The van der Waals surface area contributed by atoms with Crippen LogP contribution in [-0.4, -0.2) is 0 Å². The van der Waals surface area contributed by atoms with E-state index in [1.54, 1.807) is 5.57 Å². The molecule has 1 heteroatoms. The molecule has 1 aromatic rings. The second kappa shape index (κ2) is 6.90. The smallest absolute Gasteiger partial charge is 0.0540 e. The molecule has 0 fully saturated rings. The molecule has 0 radical (unpaired) electrons. The lowest BCUT2D eigenvalue weighted by Crippen LogP contribution is -2.46. The van der Waals surface area contributed by atoms with Gasteiger partial charge in [-0.05, 0) is 54.9 Å².